The van der Waals surface area contributed by atoms with Crippen LogP contribution < -0.4 is 65.8 Å². The summed E-state index contributed by atoms with van der Waals surface area (Å²) >= 11 is 0. The fourth-order valence-electron chi connectivity index (χ4n) is 5.06. The second kappa shape index (κ2) is 19.6. The van der Waals surface area contributed by atoms with Crippen LogP contribution in [-0.2, 0) is 16.8 Å². The van der Waals surface area contributed by atoms with Gasteiger partial charge in [0.15, 0.2) is 0 Å². The molecule has 0 saturated carbocycles. The zero-order chi connectivity index (χ0) is 31.1. The third-order valence-corrected chi connectivity index (χ3v) is 12.6. The molecule has 0 bridgehead atoms. The molecule has 1 radical (unpaired) electrons. The first-order valence-corrected chi connectivity index (χ1v) is 18.0. The van der Waals surface area contributed by atoms with Crippen LogP contribution in [-0.4, -0.2) is 0 Å². The molecule has 0 N–H and O–H groups in total. The van der Waals surface area contributed by atoms with Crippen molar-refractivity contribution in [2.45, 2.75) is 41.5 Å². The summed E-state index contributed by atoms with van der Waals surface area (Å²) in [6.07, 6.45) is 0. The molecular weight excluding hydrogens is 785 g/mol. The zero-order valence-electron chi connectivity index (χ0n) is 27.8. The Balaban J connectivity index is 0.000000307. The first-order chi connectivity index (χ1) is 21.3. The zero-order valence-corrected chi connectivity index (χ0v) is 33.8. The van der Waals surface area contributed by atoms with Gasteiger partial charge in [-0.05, 0) is 89.2 Å². The summed E-state index contributed by atoms with van der Waals surface area (Å²) in [5, 5.41) is 8.46. The molecule has 0 amide bonds. The van der Waals surface area contributed by atoms with Gasteiger partial charge in [0, 0.05) is 0 Å². The van der Waals surface area contributed by atoms with Gasteiger partial charge in [-0.3, -0.25) is 0 Å². The average molecular weight is 827 g/mol. The van der Waals surface area contributed by atoms with Crippen molar-refractivity contribution in [3.05, 3.63) is 179 Å². The van der Waals surface area contributed by atoms with E-state index in [4.69, 9.17) is 0 Å². The molecule has 0 fully saturated rings. The van der Waals surface area contributed by atoms with Crippen molar-refractivity contribution in [3.63, 3.8) is 0 Å². The summed E-state index contributed by atoms with van der Waals surface area (Å²) < 4.78 is 0. The Labute approximate surface area is 316 Å². The molecule has 0 aromatic heterocycles. The number of hydrogen-bond acceptors (Lipinski definition) is 0. The minimum atomic E-state index is -0.483. The van der Waals surface area contributed by atoms with Crippen LogP contribution in [0.5, 0.6) is 0 Å². The summed E-state index contributed by atoms with van der Waals surface area (Å²) in [5.41, 5.74) is 7.87. The van der Waals surface area contributed by atoms with Crippen molar-refractivity contribution in [2.75, 3.05) is 0 Å². The predicted octanol–water partition coefficient (Wildman–Crippen LogP) is 2.75. The van der Waals surface area contributed by atoms with E-state index in [1.807, 2.05) is 0 Å². The normalized spacial score (nSPS) is 10.2. The molecule has 6 aromatic rings. The van der Waals surface area contributed by atoms with Crippen LogP contribution in [0.1, 0.15) is 33.4 Å². The Hall–Kier alpha value is -2.35. The predicted molar refractivity (Wildman–Crippen MR) is 199 cm³/mol. The van der Waals surface area contributed by atoms with E-state index in [-0.39, 0.29) is 50.7 Å². The van der Waals surface area contributed by atoms with Crippen molar-refractivity contribution in [2.24, 2.45) is 0 Å². The molecule has 243 valence electrons. The molecule has 0 atom stereocenters. The van der Waals surface area contributed by atoms with Gasteiger partial charge >= 0.3 is 16.8 Å². The van der Waals surface area contributed by atoms with Gasteiger partial charge in [0.2, 0.25) is 0 Å². The van der Waals surface area contributed by atoms with Crippen LogP contribution in [0.15, 0.2) is 146 Å². The van der Waals surface area contributed by atoms with Gasteiger partial charge in [-0.1, -0.05) is 179 Å². The van der Waals surface area contributed by atoms with Crippen LogP contribution in [0, 0.1) is 41.5 Å². The molecule has 6 aromatic carbocycles. The fraction of sp³-hybridized carbons (Fsp3) is 0.143. The topological polar surface area (TPSA) is 0 Å². The molecular formula is C42H42Br2CoP2. The largest absolute Gasteiger partial charge is 2.00 e. The van der Waals surface area contributed by atoms with Gasteiger partial charge in [0.05, 0.1) is 0 Å². The van der Waals surface area contributed by atoms with E-state index in [0.717, 1.165) is 0 Å². The van der Waals surface area contributed by atoms with Crippen molar-refractivity contribution < 1.29 is 50.7 Å². The first-order valence-electron chi connectivity index (χ1n) is 15.3. The van der Waals surface area contributed by atoms with E-state index in [9.17, 15) is 0 Å². The Morgan fingerprint density at radius 3 is 0.447 bits per heavy atom. The van der Waals surface area contributed by atoms with Crippen LogP contribution in [0.4, 0.5) is 0 Å². The van der Waals surface area contributed by atoms with Crippen LogP contribution in [0.25, 0.3) is 0 Å². The van der Waals surface area contributed by atoms with Crippen LogP contribution in [0.3, 0.4) is 0 Å². The smallest absolute Gasteiger partial charge is 1.00 e. The van der Waals surface area contributed by atoms with Gasteiger partial charge in [0.1, 0.15) is 0 Å². The summed E-state index contributed by atoms with van der Waals surface area (Å²) in [7, 11) is -0.966. The van der Waals surface area contributed by atoms with Crippen molar-refractivity contribution in [1.29, 1.82) is 0 Å². The number of aryl methyl sites for hydroxylation is 6. The number of halogens is 2. The minimum Gasteiger partial charge on any atom is -1.00 e. The third kappa shape index (κ3) is 11.4. The van der Waals surface area contributed by atoms with E-state index in [0.29, 0.717) is 0 Å². The standard InChI is InChI=1S/2C21H21P.2BrH.Co/c2*1-16-4-10-19(11-5-16)22(20-12-6-17(2)7-13-20)21-14-8-18(3)9-15-21;;;/h2*4-15H,1-3H3;2*1H;/q;;;;+2/p-2. The summed E-state index contributed by atoms with van der Waals surface area (Å²) in [6, 6.07) is 53.9. The number of benzene rings is 6. The Kier molecular flexibility index (Phi) is 17.0. The molecule has 0 nitrogen and oxygen atoms in total. The van der Waals surface area contributed by atoms with Gasteiger partial charge in [-0.15, -0.1) is 0 Å². The third-order valence-electron chi connectivity index (χ3n) is 7.75. The molecule has 0 aliphatic carbocycles. The maximum Gasteiger partial charge on any atom is 2.00 e. The van der Waals surface area contributed by atoms with Crippen LogP contribution >= 0.6 is 15.8 Å². The summed E-state index contributed by atoms with van der Waals surface area (Å²) in [4.78, 5) is 0. The second-order valence-corrected chi connectivity index (χ2v) is 16.1. The van der Waals surface area contributed by atoms with Crippen molar-refractivity contribution in [1.82, 2.24) is 0 Å². The summed E-state index contributed by atoms with van der Waals surface area (Å²) in [6.45, 7) is 12.9. The molecule has 0 aliphatic rings. The fourth-order valence-corrected chi connectivity index (χ4v) is 9.53. The van der Waals surface area contributed by atoms with Crippen LogP contribution in [0.2, 0.25) is 0 Å². The monoisotopic (exact) mass is 825 g/mol. The molecule has 0 saturated heterocycles. The van der Waals surface area contributed by atoms with E-state index < -0.39 is 15.8 Å². The molecule has 0 unspecified atom stereocenters. The van der Waals surface area contributed by atoms with Gasteiger partial charge in [-0.2, -0.15) is 0 Å². The maximum atomic E-state index is 2.28. The van der Waals surface area contributed by atoms with E-state index >= 15 is 0 Å². The van der Waals surface area contributed by atoms with Gasteiger partial charge in [0.25, 0.3) is 0 Å². The summed E-state index contributed by atoms with van der Waals surface area (Å²) in [5.74, 6) is 0. The SMILES string of the molecule is Cc1ccc(P(c2ccc(C)cc2)c2ccc(C)cc2)cc1.Cc1ccc(P(c2ccc(C)cc2)c2ccc(C)cc2)cc1.[Br-].[Br-].[Co+2]. The first kappa shape index (κ1) is 40.8. The Bertz CT molecular complexity index is 1410. The van der Waals surface area contributed by atoms with Gasteiger partial charge in [-0.25, -0.2) is 0 Å². The van der Waals surface area contributed by atoms with E-state index in [1.165, 1.54) is 65.2 Å². The number of hydrogen-bond donors (Lipinski definition) is 0. The molecule has 6 rings (SSSR count). The average Bonchev–Trinajstić information content (AvgIpc) is 3.03. The Morgan fingerprint density at radius 1 is 0.234 bits per heavy atom. The quantitative estimate of drug-likeness (QED) is 0.227. The van der Waals surface area contributed by atoms with E-state index in [1.54, 1.807) is 0 Å². The molecule has 5 heteroatoms. The second-order valence-electron chi connectivity index (χ2n) is 11.7. The number of rotatable bonds is 6. The molecule has 0 spiro atoms. The molecule has 0 aliphatic heterocycles. The maximum absolute atomic E-state index is 2.28. The van der Waals surface area contributed by atoms with Crippen molar-refractivity contribution in [3.8, 4) is 0 Å². The van der Waals surface area contributed by atoms with E-state index in [2.05, 4.69) is 187 Å². The Morgan fingerprint density at radius 2 is 0.340 bits per heavy atom. The van der Waals surface area contributed by atoms with Crippen molar-refractivity contribution >= 4 is 47.7 Å². The minimum absolute atomic E-state index is 0. The molecule has 47 heavy (non-hydrogen) atoms. The van der Waals surface area contributed by atoms with Gasteiger partial charge < -0.3 is 34.0 Å². The molecule has 0 heterocycles.